The van der Waals surface area contributed by atoms with Crippen LogP contribution in [0.4, 0.5) is 26.0 Å². The van der Waals surface area contributed by atoms with Gasteiger partial charge in [-0.25, -0.2) is 18.3 Å². The van der Waals surface area contributed by atoms with Gasteiger partial charge in [-0.2, -0.15) is 5.10 Å². The molecule has 3 aliphatic heterocycles. The average molecular weight is 771 g/mol. The van der Waals surface area contributed by atoms with Crippen LogP contribution in [0.1, 0.15) is 66.9 Å². The third-order valence-corrected chi connectivity index (χ3v) is 10.4. The molecule has 2 aromatic heterocycles. The number of carbonyl (C=O) groups is 5. The van der Waals surface area contributed by atoms with Gasteiger partial charge in [-0.3, -0.25) is 29.3 Å². The molecule has 56 heavy (non-hydrogen) atoms. The molecule has 0 bridgehead atoms. The Morgan fingerprint density at radius 2 is 1.68 bits per heavy atom. The van der Waals surface area contributed by atoms with Crippen LogP contribution in [-0.2, 0) is 19.2 Å². The zero-order chi connectivity index (χ0) is 39.2. The van der Waals surface area contributed by atoms with E-state index in [0.29, 0.717) is 76.4 Å². The van der Waals surface area contributed by atoms with E-state index in [1.54, 1.807) is 17.2 Å². The minimum absolute atomic E-state index is 0.0627. The number of piperazine rings is 1. The Hall–Kier alpha value is -6.13. The van der Waals surface area contributed by atoms with Crippen molar-refractivity contribution in [2.75, 3.05) is 60.9 Å². The van der Waals surface area contributed by atoms with Crippen LogP contribution in [0.3, 0.4) is 0 Å². The molecule has 1 unspecified atom stereocenters. The normalized spacial score (nSPS) is 18.6. The molecule has 4 N–H and O–H groups in total. The van der Waals surface area contributed by atoms with Crippen molar-refractivity contribution in [2.24, 2.45) is 0 Å². The first-order valence-corrected chi connectivity index (χ1v) is 19.0. The summed E-state index contributed by atoms with van der Waals surface area (Å²) in [6, 6.07) is 12.1. The van der Waals surface area contributed by atoms with Gasteiger partial charge in [-0.05, 0) is 74.2 Å². The van der Waals surface area contributed by atoms with Gasteiger partial charge >= 0.3 is 0 Å². The number of benzene rings is 2. The minimum atomic E-state index is -0.506. The Labute approximate surface area is 321 Å². The second-order valence-corrected chi connectivity index (χ2v) is 14.2. The van der Waals surface area contributed by atoms with E-state index in [1.807, 2.05) is 29.2 Å². The van der Waals surface area contributed by atoms with Crippen molar-refractivity contribution in [3.05, 3.63) is 83.7 Å². The van der Waals surface area contributed by atoms with Gasteiger partial charge in [0.25, 0.3) is 5.91 Å². The van der Waals surface area contributed by atoms with Crippen molar-refractivity contribution >= 4 is 52.4 Å². The highest BCUT2D eigenvalue weighted by Gasteiger charge is 2.31. The Kier molecular flexibility index (Phi) is 11.7. The van der Waals surface area contributed by atoms with E-state index in [4.69, 9.17) is 0 Å². The van der Waals surface area contributed by atoms with Gasteiger partial charge in [-0.1, -0.05) is 0 Å². The molecule has 5 heterocycles. The summed E-state index contributed by atoms with van der Waals surface area (Å²) in [5.41, 5.74) is 2.65. The molecule has 7 rings (SSSR count). The van der Waals surface area contributed by atoms with Crippen molar-refractivity contribution in [1.82, 2.24) is 35.4 Å². The lowest BCUT2D eigenvalue weighted by Crippen LogP contribution is -2.49. The van der Waals surface area contributed by atoms with E-state index in [9.17, 15) is 32.8 Å². The minimum Gasteiger partial charge on any atom is -0.374 e. The topological polar surface area (TPSA) is 173 Å². The number of anilines is 3. The number of piperidine rings is 1. The molecule has 2 atom stereocenters. The largest absolute Gasteiger partial charge is 0.374 e. The molecule has 3 aliphatic rings. The van der Waals surface area contributed by atoms with Gasteiger partial charge in [0, 0.05) is 88.2 Å². The van der Waals surface area contributed by atoms with Crippen LogP contribution < -0.4 is 31.1 Å². The van der Waals surface area contributed by atoms with E-state index in [0.717, 1.165) is 29.9 Å². The lowest BCUT2D eigenvalue weighted by Gasteiger charge is -2.36. The molecule has 0 radical (unpaired) electrons. The first kappa shape index (κ1) is 38.2. The summed E-state index contributed by atoms with van der Waals surface area (Å²) < 4.78 is 30.1. The molecule has 3 saturated heterocycles. The SMILES string of the molecule is O=C(CCC(=O)N1CCN(c2ccc(NC3CCC(=O)NC3=O)cc2)CC1)NCCCNC(=O)c1cnn2ccc(N3CCC[C@@H]3c3cc(F)ccc3F)nc12. The highest BCUT2D eigenvalue weighted by atomic mass is 19.1. The lowest BCUT2D eigenvalue weighted by atomic mass is 10.0. The molecule has 3 fully saturated rings. The van der Waals surface area contributed by atoms with Crippen LogP contribution >= 0.6 is 0 Å². The Bertz CT molecular complexity index is 2100. The van der Waals surface area contributed by atoms with Crippen LogP contribution in [0.15, 0.2) is 60.9 Å². The number of hydrogen-bond acceptors (Lipinski definition) is 10. The van der Waals surface area contributed by atoms with E-state index in [1.165, 1.54) is 16.8 Å². The zero-order valence-electron chi connectivity index (χ0n) is 30.8. The van der Waals surface area contributed by atoms with E-state index in [-0.39, 0.29) is 66.1 Å². The number of nitrogens with one attached hydrogen (secondary N) is 4. The fourth-order valence-electron chi connectivity index (χ4n) is 7.41. The molecule has 15 nitrogen and oxygen atoms in total. The summed E-state index contributed by atoms with van der Waals surface area (Å²) >= 11 is 0. The number of rotatable bonds is 13. The van der Waals surface area contributed by atoms with E-state index >= 15 is 0 Å². The van der Waals surface area contributed by atoms with Gasteiger partial charge < -0.3 is 30.7 Å². The molecular formula is C39H44F2N10O5. The van der Waals surface area contributed by atoms with Gasteiger partial charge in [0.2, 0.25) is 23.6 Å². The second-order valence-electron chi connectivity index (χ2n) is 14.2. The van der Waals surface area contributed by atoms with Crippen LogP contribution in [0, 0.1) is 11.6 Å². The first-order valence-electron chi connectivity index (χ1n) is 19.0. The van der Waals surface area contributed by atoms with Crippen LogP contribution in [-0.4, -0.2) is 101 Å². The molecule has 4 aromatic rings. The summed E-state index contributed by atoms with van der Waals surface area (Å²) in [4.78, 5) is 72.4. The van der Waals surface area contributed by atoms with Gasteiger partial charge in [0.1, 0.15) is 29.1 Å². The van der Waals surface area contributed by atoms with Gasteiger partial charge in [0.15, 0.2) is 5.65 Å². The summed E-state index contributed by atoms with van der Waals surface area (Å²) in [6.07, 6.45) is 5.90. The molecule has 294 valence electrons. The summed E-state index contributed by atoms with van der Waals surface area (Å²) in [6.45, 7) is 3.56. The highest BCUT2D eigenvalue weighted by Crippen LogP contribution is 2.37. The number of carbonyl (C=O) groups excluding carboxylic acids is 5. The van der Waals surface area contributed by atoms with E-state index in [2.05, 4.69) is 36.2 Å². The number of halogens is 2. The van der Waals surface area contributed by atoms with Crippen molar-refractivity contribution in [3.8, 4) is 0 Å². The van der Waals surface area contributed by atoms with Crippen LogP contribution in [0.5, 0.6) is 0 Å². The highest BCUT2D eigenvalue weighted by molar-refractivity contribution is 6.01. The second kappa shape index (κ2) is 17.1. The number of nitrogens with zero attached hydrogens (tertiary/aromatic N) is 6. The number of hydrogen-bond donors (Lipinski definition) is 4. The Morgan fingerprint density at radius 3 is 2.46 bits per heavy atom. The van der Waals surface area contributed by atoms with Crippen molar-refractivity contribution in [2.45, 2.75) is 57.0 Å². The molecule has 0 saturated carbocycles. The van der Waals surface area contributed by atoms with Crippen molar-refractivity contribution in [1.29, 1.82) is 0 Å². The molecular weight excluding hydrogens is 726 g/mol. The Balaban J connectivity index is 0.801. The van der Waals surface area contributed by atoms with E-state index < -0.39 is 17.7 Å². The number of amides is 5. The van der Waals surface area contributed by atoms with Crippen molar-refractivity contribution in [3.63, 3.8) is 0 Å². The fraction of sp³-hybridized carbons (Fsp3) is 0.410. The third-order valence-electron chi connectivity index (χ3n) is 10.4. The van der Waals surface area contributed by atoms with Gasteiger partial charge in [0.05, 0.1) is 12.2 Å². The number of imide groups is 1. The third kappa shape index (κ3) is 8.87. The van der Waals surface area contributed by atoms with Crippen LogP contribution in [0.25, 0.3) is 5.65 Å². The summed E-state index contributed by atoms with van der Waals surface area (Å²) in [5, 5.41) is 15.4. The monoisotopic (exact) mass is 770 g/mol. The quantitative estimate of drug-likeness (QED) is 0.117. The smallest absolute Gasteiger partial charge is 0.256 e. The predicted molar refractivity (Wildman–Crippen MR) is 203 cm³/mol. The predicted octanol–water partition coefficient (Wildman–Crippen LogP) is 2.93. The maximum Gasteiger partial charge on any atom is 0.256 e. The molecule has 2 aromatic carbocycles. The molecule has 17 heteroatoms. The maximum absolute atomic E-state index is 14.6. The Morgan fingerprint density at radius 1 is 0.893 bits per heavy atom. The average Bonchev–Trinajstić information content (AvgIpc) is 3.87. The molecule has 5 amide bonds. The van der Waals surface area contributed by atoms with Gasteiger partial charge in [-0.15, -0.1) is 0 Å². The fourth-order valence-corrected chi connectivity index (χ4v) is 7.41. The first-order chi connectivity index (χ1) is 27.1. The standard InChI is InChI=1S/C39H44F2N10O5/c40-25-4-9-30(41)28(23-25)32-3-1-17-50(32)33-14-18-51-37(46-33)29(24-44-51)38(55)43-16-2-15-42-34(52)12-13-36(54)49-21-19-48(20-22-49)27-7-5-26(6-8-27)45-31-10-11-35(53)47-39(31)56/h4-9,14,18,23-24,31-32,45H,1-3,10-13,15-17,19-22H2,(H,42,52)(H,43,55)(H,47,53,56)/t31?,32-/m1/s1. The zero-order valence-corrected chi connectivity index (χ0v) is 30.8. The van der Waals surface area contributed by atoms with Crippen LogP contribution in [0.2, 0.25) is 0 Å². The van der Waals surface area contributed by atoms with Crippen molar-refractivity contribution < 1.29 is 32.8 Å². The lowest BCUT2D eigenvalue weighted by molar-refractivity contribution is -0.134. The number of aromatic nitrogens is 3. The molecule has 0 spiro atoms. The number of fused-ring (bicyclic) bond motifs is 1. The summed E-state index contributed by atoms with van der Waals surface area (Å²) in [7, 11) is 0. The molecule has 0 aliphatic carbocycles. The maximum atomic E-state index is 14.6. The summed E-state index contributed by atoms with van der Waals surface area (Å²) in [5.74, 6) is -1.73.